The van der Waals surface area contributed by atoms with Gasteiger partial charge in [0.25, 0.3) is 0 Å². The van der Waals surface area contributed by atoms with Crippen LogP contribution in [0.15, 0.2) is 133 Å². The van der Waals surface area contributed by atoms with Crippen LogP contribution in [0.5, 0.6) is 0 Å². The number of rotatable bonds is 13. The lowest BCUT2D eigenvalue weighted by Crippen LogP contribution is -2.10. The minimum atomic E-state index is 0.127. The molecule has 1 aromatic carbocycles. The Morgan fingerprint density at radius 3 is 2.66 bits per heavy atom. The fraction of sp³-hybridized carbons (Fsp3) is 0.226. The molecule has 1 unspecified atom stereocenters. The molecule has 4 nitrogen and oxygen atoms in total. The van der Waals surface area contributed by atoms with Gasteiger partial charge in [-0.25, -0.2) is 0 Å². The van der Waals surface area contributed by atoms with Gasteiger partial charge in [0.05, 0.1) is 6.61 Å². The highest BCUT2D eigenvalue weighted by molar-refractivity contribution is 5.64. The number of nitrogens with one attached hydrogen (secondary N) is 1. The lowest BCUT2D eigenvalue weighted by Gasteiger charge is -2.14. The lowest BCUT2D eigenvalue weighted by molar-refractivity contribution is 0.181. The number of aliphatic hydroxyl groups excluding tert-OH is 1. The third-order valence-electron chi connectivity index (χ3n) is 5.66. The molecule has 0 fully saturated rings. The number of ether oxygens (including phenoxy) is 1. The second kappa shape index (κ2) is 14.4. The lowest BCUT2D eigenvalue weighted by atomic mass is 10.1. The number of anilines is 1. The predicted octanol–water partition coefficient (Wildman–Crippen LogP) is 7.42. The number of para-hydroxylation sites is 1. The minimum Gasteiger partial charge on any atom is -0.508 e. The molecule has 0 bridgehead atoms. The van der Waals surface area contributed by atoms with Crippen molar-refractivity contribution in [2.45, 2.75) is 26.7 Å². The van der Waals surface area contributed by atoms with Crippen molar-refractivity contribution < 1.29 is 9.84 Å². The largest absolute Gasteiger partial charge is 0.508 e. The fourth-order valence-corrected chi connectivity index (χ4v) is 3.21. The van der Waals surface area contributed by atoms with Gasteiger partial charge in [-0.15, -0.1) is 0 Å². The fourth-order valence-electron chi connectivity index (χ4n) is 3.21. The standard InChI is InChI=1S/C31H38N2O2/c1-7-24(3)23-35-26(5)16-15-25(4)32-21-11-13-30(34)20-18-27(8-2)17-19-29-22-28-12-9-10-14-31(28)33(29)6/h8-21,24,32,34H,2,4-5,7,22-23H2,1,3,6H3/b16-15-,20-18-,21-11+,27-17+,29-19+,30-13+. The number of likely N-dealkylation sites (N-methyl/N-ethyl adjacent to an activating group) is 1. The number of hydrogen-bond donors (Lipinski definition) is 2. The number of benzene rings is 1. The van der Waals surface area contributed by atoms with E-state index in [4.69, 9.17) is 4.74 Å². The molecule has 184 valence electrons. The molecule has 1 heterocycles. The van der Waals surface area contributed by atoms with Gasteiger partial charge in [-0.1, -0.05) is 76.4 Å². The molecule has 0 aromatic heterocycles. The highest BCUT2D eigenvalue weighted by Crippen LogP contribution is 2.32. The summed E-state index contributed by atoms with van der Waals surface area (Å²) in [5, 5.41) is 13.2. The van der Waals surface area contributed by atoms with Crippen molar-refractivity contribution in [3.8, 4) is 0 Å². The summed E-state index contributed by atoms with van der Waals surface area (Å²) in [7, 11) is 2.08. The molecule has 0 spiro atoms. The number of allylic oxidation sites excluding steroid dienone is 11. The zero-order valence-corrected chi connectivity index (χ0v) is 21.2. The third-order valence-corrected chi connectivity index (χ3v) is 5.66. The molecular weight excluding hydrogens is 432 g/mol. The van der Waals surface area contributed by atoms with Gasteiger partial charge >= 0.3 is 0 Å². The first-order chi connectivity index (χ1) is 16.8. The predicted molar refractivity (Wildman–Crippen MR) is 150 cm³/mol. The minimum absolute atomic E-state index is 0.127. The Morgan fingerprint density at radius 2 is 1.94 bits per heavy atom. The summed E-state index contributed by atoms with van der Waals surface area (Å²) >= 11 is 0. The van der Waals surface area contributed by atoms with E-state index < -0.39 is 0 Å². The first kappa shape index (κ1) is 27.3. The Kier molecular flexibility index (Phi) is 11.2. The molecule has 1 aliphatic rings. The maximum Gasteiger partial charge on any atom is 0.115 e. The van der Waals surface area contributed by atoms with Gasteiger partial charge in [-0.3, -0.25) is 0 Å². The van der Waals surface area contributed by atoms with Crippen LogP contribution in [0.1, 0.15) is 25.8 Å². The van der Waals surface area contributed by atoms with E-state index in [0.717, 1.165) is 18.4 Å². The molecular formula is C31H38N2O2. The Bertz CT molecular complexity index is 1080. The van der Waals surface area contributed by atoms with E-state index in [2.05, 4.69) is 81.2 Å². The Hall–Kier alpha value is -3.92. The third kappa shape index (κ3) is 9.46. The topological polar surface area (TPSA) is 44.7 Å². The van der Waals surface area contributed by atoms with Crippen molar-refractivity contribution in [2.24, 2.45) is 5.92 Å². The molecule has 35 heavy (non-hydrogen) atoms. The first-order valence-corrected chi connectivity index (χ1v) is 11.9. The number of fused-ring (bicyclic) bond motifs is 1. The molecule has 0 radical (unpaired) electrons. The SMILES string of the molecule is C=CC(/C=C\C(O)=C/C=C/NC(=C)/C=C\C(=C)OCC(C)CC)=C\C=C1/Cc2ccccc2N1C. The monoisotopic (exact) mass is 470 g/mol. The molecule has 0 amide bonds. The van der Waals surface area contributed by atoms with E-state index in [9.17, 15) is 5.11 Å². The normalized spacial score (nSPS) is 16.3. The molecule has 1 atom stereocenters. The van der Waals surface area contributed by atoms with Crippen LogP contribution in [0.4, 0.5) is 5.69 Å². The van der Waals surface area contributed by atoms with Crippen LogP contribution in [0, 0.1) is 5.92 Å². The van der Waals surface area contributed by atoms with Gasteiger partial charge in [-0.2, -0.15) is 0 Å². The van der Waals surface area contributed by atoms with Crippen molar-refractivity contribution in [1.29, 1.82) is 0 Å². The summed E-state index contributed by atoms with van der Waals surface area (Å²) in [6.45, 7) is 16.6. The van der Waals surface area contributed by atoms with Crippen LogP contribution < -0.4 is 10.2 Å². The van der Waals surface area contributed by atoms with Gasteiger partial charge in [-0.05, 0) is 59.6 Å². The average molecular weight is 471 g/mol. The molecule has 2 rings (SSSR count). The molecule has 0 saturated carbocycles. The van der Waals surface area contributed by atoms with Gasteiger partial charge in [0.1, 0.15) is 11.5 Å². The summed E-state index contributed by atoms with van der Waals surface area (Å²) < 4.78 is 5.59. The van der Waals surface area contributed by atoms with Gasteiger partial charge in [0.2, 0.25) is 0 Å². The van der Waals surface area contributed by atoms with E-state index in [0.29, 0.717) is 24.0 Å². The van der Waals surface area contributed by atoms with Crippen LogP contribution in [-0.4, -0.2) is 18.8 Å². The Morgan fingerprint density at radius 1 is 1.17 bits per heavy atom. The smallest absolute Gasteiger partial charge is 0.115 e. The van der Waals surface area contributed by atoms with Crippen molar-refractivity contribution >= 4 is 5.69 Å². The highest BCUT2D eigenvalue weighted by atomic mass is 16.5. The Labute approximate surface area is 211 Å². The van der Waals surface area contributed by atoms with Crippen LogP contribution in [0.25, 0.3) is 0 Å². The van der Waals surface area contributed by atoms with E-state index in [1.807, 2.05) is 12.2 Å². The van der Waals surface area contributed by atoms with Crippen molar-refractivity contribution in [3.63, 3.8) is 0 Å². The maximum absolute atomic E-state index is 10.1. The summed E-state index contributed by atoms with van der Waals surface area (Å²) in [6, 6.07) is 8.41. The van der Waals surface area contributed by atoms with Crippen molar-refractivity contribution in [2.75, 3.05) is 18.6 Å². The van der Waals surface area contributed by atoms with Crippen molar-refractivity contribution in [1.82, 2.24) is 5.32 Å². The second-order valence-corrected chi connectivity index (χ2v) is 8.47. The Balaban J connectivity index is 1.84. The quantitative estimate of drug-likeness (QED) is 0.232. The summed E-state index contributed by atoms with van der Waals surface area (Å²) in [6.07, 6.45) is 19.9. The van der Waals surface area contributed by atoms with E-state index in [-0.39, 0.29) is 5.76 Å². The van der Waals surface area contributed by atoms with Crippen LogP contribution in [-0.2, 0) is 11.2 Å². The second-order valence-electron chi connectivity index (χ2n) is 8.47. The average Bonchev–Trinajstić information content (AvgIpc) is 3.19. The zero-order valence-electron chi connectivity index (χ0n) is 21.2. The number of hydrogen-bond acceptors (Lipinski definition) is 4. The summed E-state index contributed by atoms with van der Waals surface area (Å²) in [4.78, 5) is 2.20. The van der Waals surface area contributed by atoms with E-state index >= 15 is 0 Å². The first-order valence-electron chi connectivity index (χ1n) is 11.9. The number of aliphatic hydroxyl groups is 1. The zero-order chi connectivity index (χ0) is 25.6. The molecule has 1 aromatic rings. The molecule has 2 N–H and O–H groups in total. The maximum atomic E-state index is 10.1. The van der Waals surface area contributed by atoms with E-state index in [1.165, 1.54) is 16.9 Å². The molecule has 4 heteroatoms. The van der Waals surface area contributed by atoms with Crippen molar-refractivity contribution in [3.05, 3.63) is 139 Å². The summed E-state index contributed by atoms with van der Waals surface area (Å²) in [5.74, 6) is 1.23. The van der Waals surface area contributed by atoms with Crippen LogP contribution in [0.3, 0.4) is 0 Å². The van der Waals surface area contributed by atoms with E-state index in [1.54, 1.807) is 42.7 Å². The van der Waals surface area contributed by atoms with Gasteiger partial charge in [0.15, 0.2) is 0 Å². The van der Waals surface area contributed by atoms with Gasteiger partial charge in [0, 0.05) is 36.7 Å². The molecule has 0 saturated heterocycles. The highest BCUT2D eigenvalue weighted by Gasteiger charge is 2.19. The molecule has 1 aliphatic heterocycles. The van der Waals surface area contributed by atoms with Gasteiger partial charge < -0.3 is 20.1 Å². The summed E-state index contributed by atoms with van der Waals surface area (Å²) in [5.41, 5.74) is 5.36. The molecule has 0 aliphatic carbocycles. The van der Waals surface area contributed by atoms with Crippen LogP contribution in [0.2, 0.25) is 0 Å². The number of nitrogens with zero attached hydrogens (tertiary/aromatic N) is 1. The van der Waals surface area contributed by atoms with Crippen LogP contribution >= 0.6 is 0 Å².